The first-order chi connectivity index (χ1) is 11.3. The monoisotopic (exact) mass is 312 g/mol. The van der Waals surface area contributed by atoms with Gasteiger partial charge in [-0.1, -0.05) is 5.16 Å². The Morgan fingerprint density at radius 1 is 1.26 bits per heavy atom. The van der Waals surface area contributed by atoms with Gasteiger partial charge in [-0.25, -0.2) is 14.3 Å². The lowest BCUT2D eigenvalue weighted by Crippen LogP contribution is -2.21. The topological polar surface area (TPSA) is 92.3 Å². The largest absolute Gasteiger partial charge is 0.438 e. The average molecular weight is 312 g/mol. The van der Waals surface area contributed by atoms with Crippen LogP contribution < -0.4 is 10.7 Å². The van der Waals surface area contributed by atoms with Crippen LogP contribution in [0.5, 0.6) is 0 Å². The summed E-state index contributed by atoms with van der Waals surface area (Å²) in [5.41, 5.74) is 2.21. The molecule has 1 aliphatic carbocycles. The van der Waals surface area contributed by atoms with Crippen molar-refractivity contribution in [1.82, 2.24) is 24.7 Å². The van der Waals surface area contributed by atoms with Gasteiger partial charge in [0.1, 0.15) is 5.52 Å². The number of nitrogens with zero attached hydrogens (tertiary/aromatic N) is 5. The molecule has 0 bridgehead atoms. The number of H-pyrrole nitrogens is 1. The van der Waals surface area contributed by atoms with Crippen LogP contribution in [0.4, 0.5) is 5.82 Å². The van der Waals surface area contributed by atoms with Crippen molar-refractivity contribution in [1.29, 1.82) is 0 Å². The summed E-state index contributed by atoms with van der Waals surface area (Å²) in [4.78, 5) is 20.6. The summed E-state index contributed by atoms with van der Waals surface area (Å²) in [5, 5.41) is 8.48. The Morgan fingerprint density at radius 3 is 2.96 bits per heavy atom. The third-order valence-electron chi connectivity index (χ3n) is 4.72. The Bertz CT molecular complexity index is 921. The molecule has 2 fully saturated rings. The smallest absolute Gasteiger partial charge is 0.354 e. The first kappa shape index (κ1) is 12.9. The van der Waals surface area contributed by atoms with E-state index >= 15 is 0 Å². The molecule has 4 heterocycles. The molecule has 1 saturated heterocycles. The van der Waals surface area contributed by atoms with E-state index in [1.54, 1.807) is 6.20 Å². The Kier molecular flexibility index (Phi) is 2.61. The van der Waals surface area contributed by atoms with Crippen LogP contribution in [0.25, 0.3) is 5.52 Å². The molecule has 1 N–H and O–H groups in total. The average Bonchev–Trinajstić information content (AvgIpc) is 2.99. The van der Waals surface area contributed by atoms with Gasteiger partial charge in [-0.3, -0.25) is 9.51 Å². The first-order valence-corrected chi connectivity index (χ1v) is 7.93. The van der Waals surface area contributed by atoms with Crippen molar-refractivity contribution in [2.45, 2.75) is 31.1 Å². The van der Waals surface area contributed by atoms with Crippen molar-refractivity contribution in [3.63, 3.8) is 0 Å². The number of aromatic amines is 1. The van der Waals surface area contributed by atoms with Gasteiger partial charge in [-0.2, -0.15) is 5.10 Å². The normalized spacial score (nSPS) is 21.4. The van der Waals surface area contributed by atoms with Gasteiger partial charge in [0, 0.05) is 37.3 Å². The third kappa shape index (κ3) is 2.13. The second-order valence-corrected chi connectivity index (χ2v) is 6.34. The zero-order chi connectivity index (χ0) is 15.4. The molecule has 1 aliphatic heterocycles. The van der Waals surface area contributed by atoms with Crippen LogP contribution in [0.15, 0.2) is 27.8 Å². The zero-order valence-corrected chi connectivity index (χ0v) is 12.5. The van der Waals surface area contributed by atoms with E-state index < -0.39 is 5.76 Å². The Labute approximate surface area is 131 Å². The van der Waals surface area contributed by atoms with Crippen LogP contribution in [0.3, 0.4) is 0 Å². The van der Waals surface area contributed by atoms with Crippen LogP contribution in [0, 0.1) is 0 Å². The second kappa shape index (κ2) is 4.68. The van der Waals surface area contributed by atoms with Crippen molar-refractivity contribution in [2.24, 2.45) is 0 Å². The molecule has 118 valence electrons. The minimum Gasteiger partial charge on any atom is -0.354 e. The summed E-state index contributed by atoms with van der Waals surface area (Å²) >= 11 is 0. The minimum atomic E-state index is -0.497. The second-order valence-electron chi connectivity index (χ2n) is 6.34. The molecule has 8 nitrogen and oxygen atoms in total. The van der Waals surface area contributed by atoms with E-state index in [4.69, 9.17) is 0 Å². The highest BCUT2D eigenvalue weighted by Crippen LogP contribution is 2.40. The number of hydrogen-bond acceptors (Lipinski definition) is 6. The van der Waals surface area contributed by atoms with Gasteiger partial charge in [0.25, 0.3) is 0 Å². The molecule has 0 radical (unpaired) electrons. The highest BCUT2D eigenvalue weighted by atomic mass is 16.5. The SMILES string of the molecule is O=c1[nH]c(C2CCN(c3nccn4nc(C5CC5)cc34)C2)no1. The molecule has 5 rings (SSSR count). The van der Waals surface area contributed by atoms with Crippen LogP contribution in [0.2, 0.25) is 0 Å². The van der Waals surface area contributed by atoms with Crippen molar-refractivity contribution >= 4 is 11.3 Å². The van der Waals surface area contributed by atoms with Crippen LogP contribution in [-0.2, 0) is 0 Å². The molecule has 1 unspecified atom stereocenters. The Hall–Kier alpha value is -2.64. The fourth-order valence-corrected chi connectivity index (χ4v) is 3.34. The summed E-state index contributed by atoms with van der Waals surface area (Å²) in [7, 11) is 0. The summed E-state index contributed by atoms with van der Waals surface area (Å²) in [5.74, 6) is 1.85. The molecule has 3 aromatic heterocycles. The first-order valence-electron chi connectivity index (χ1n) is 7.93. The standard InChI is InChI=1S/C15H16N6O2/c22-15-17-13(19-23-15)10-3-5-20(8-10)14-12-7-11(9-1-2-9)18-21(12)6-4-16-14/h4,6-7,9-10H,1-3,5,8H2,(H,17,19,22). The Balaban J connectivity index is 1.47. The molecule has 1 atom stereocenters. The maximum absolute atomic E-state index is 11.1. The van der Waals surface area contributed by atoms with Gasteiger partial charge in [0.15, 0.2) is 11.6 Å². The molecular weight excluding hydrogens is 296 g/mol. The number of anilines is 1. The summed E-state index contributed by atoms with van der Waals surface area (Å²) in [6.45, 7) is 1.63. The molecule has 0 spiro atoms. The van der Waals surface area contributed by atoms with Gasteiger partial charge >= 0.3 is 5.76 Å². The lowest BCUT2D eigenvalue weighted by molar-refractivity contribution is 0.378. The molecule has 8 heteroatoms. The van der Waals surface area contributed by atoms with Crippen LogP contribution >= 0.6 is 0 Å². The summed E-state index contributed by atoms with van der Waals surface area (Å²) in [6, 6.07) is 2.16. The number of fused-ring (bicyclic) bond motifs is 1. The maximum Gasteiger partial charge on any atom is 0.438 e. The number of rotatable bonds is 3. The van der Waals surface area contributed by atoms with E-state index in [1.807, 2.05) is 10.7 Å². The van der Waals surface area contributed by atoms with Crippen LogP contribution in [-0.4, -0.2) is 37.8 Å². The van der Waals surface area contributed by atoms with Gasteiger partial charge < -0.3 is 4.90 Å². The third-order valence-corrected chi connectivity index (χ3v) is 4.72. The number of hydrogen-bond donors (Lipinski definition) is 1. The lowest BCUT2D eigenvalue weighted by Gasteiger charge is -2.17. The van der Waals surface area contributed by atoms with E-state index in [0.717, 1.165) is 36.5 Å². The van der Waals surface area contributed by atoms with Crippen molar-refractivity contribution in [3.05, 3.63) is 40.5 Å². The van der Waals surface area contributed by atoms with Gasteiger partial charge in [-0.15, -0.1) is 0 Å². The number of aromatic nitrogens is 5. The zero-order valence-electron chi connectivity index (χ0n) is 12.5. The predicted octanol–water partition coefficient (Wildman–Crippen LogP) is 1.28. The quantitative estimate of drug-likeness (QED) is 0.783. The van der Waals surface area contributed by atoms with Crippen molar-refractivity contribution < 1.29 is 4.52 Å². The summed E-state index contributed by atoms with van der Waals surface area (Å²) in [6.07, 6.45) is 7.06. The minimum absolute atomic E-state index is 0.161. The fraction of sp³-hybridized carbons (Fsp3) is 0.467. The molecule has 0 amide bonds. The fourth-order valence-electron chi connectivity index (χ4n) is 3.34. The number of nitrogens with one attached hydrogen (secondary N) is 1. The molecule has 3 aromatic rings. The van der Waals surface area contributed by atoms with Crippen LogP contribution in [0.1, 0.15) is 42.6 Å². The highest BCUT2D eigenvalue weighted by molar-refractivity contribution is 5.70. The van der Waals surface area contributed by atoms with E-state index in [9.17, 15) is 4.79 Å². The maximum atomic E-state index is 11.1. The molecule has 0 aromatic carbocycles. The lowest BCUT2D eigenvalue weighted by atomic mass is 10.1. The van der Waals surface area contributed by atoms with Gasteiger partial charge in [0.05, 0.1) is 5.69 Å². The van der Waals surface area contributed by atoms with E-state index in [-0.39, 0.29) is 5.92 Å². The van der Waals surface area contributed by atoms with Gasteiger partial charge in [0.2, 0.25) is 0 Å². The Morgan fingerprint density at radius 2 is 2.17 bits per heavy atom. The highest BCUT2D eigenvalue weighted by Gasteiger charge is 2.30. The van der Waals surface area contributed by atoms with E-state index in [0.29, 0.717) is 11.7 Å². The molecule has 2 aliphatic rings. The molecule has 1 saturated carbocycles. The van der Waals surface area contributed by atoms with E-state index in [2.05, 4.69) is 35.7 Å². The van der Waals surface area contributed by atoms with E-state index in [1.165, 1.54) is 12.8 Å². The van der Waals surface area contributed by atoms with Crippen molar-refractivity contribution in [2.75, 3.05) is 18.0 Å². The summed E-state index contributed by atoms with van der Waals surface area (Å²) < 4.78 is 6.53. The predicted molar refractivity (Wildman–Crippen MR) is 81.7 cm³/mol. The molecular formula is C15H16N6O2. The van der Waals surface area contributed by atoms with Crippen molar-refractivity contribution in [3.8, 4) is 0 Å². The van der Waals surface area contributed by atoms with Gasteiger partial charge in [-0.05, 0) is 25.3 Å². The molecule has 23 heavy (non-hydrogen) atoms.